The van der Waals surface area contributed by atoms with Gasteiger partial charge in [0, 0.05) is 12.8 Å². The summed E-state index contributed by atoms with van der Waals surface area (Å²) in [5, 5.41) is 18.3. The number of aliphatic hydroxyl groups is 2. The summed E-state index contributed by atoms with van der Waals surface area (Å²) in [7, 11) is -4.63. The van der Waals surface area contributed by atoms with Crippen LogP contribution in [0.25, 0.3) is 0 Å². The Morgan fingerprint density at radius 3 is 1.49 bits per heavy atom. The molecule has 3 atom stereocenters. The first-order valence-corrected chi connectivity index (χ1v) is 23.1. The largest absolute Gasteiger partial charge is 0.472 e. The number of phosphoric ester groups is 1. The first-order valence-electron chi connectivity index (χ1n) is 21.6. The van der Waals surface area contributed by atoms with Gasteiger partial charge >= 0.3 is 19.8 Å². The van der Waals surface area contributed by atoms with Crippen LogP contribution >= 0.6 is 7.82 Å². The van der Waals surface area contributed by atoms with E-state index in [1.54, 1.807) is 0 Å². The SMILES string of the molecule is CCCCC/C=C/C/C=C/C/C=C/CCCCCCC(=O)O[C@H](COC(=O)CCCCC/C=C/CCCCCCCCCC)COP(=O)(O)OC[C@@H](O)CO. The lowest BCUT2D eigenvalue weighted by Crippen LogP contribution is -2.29. The van der Waals surface area contributed by atoms with Crippen molar-refractivity contribution in [3.8, 4) is 0 Å². The Labute approximate surface area is 334 Å². The molecule has 0 aromatic heterocycles. The number of allylic oxidation sites excluding steroid dienone is 8. The van der Waals surface area contributed by atoms with Crippen LogP contribution in [0.5, 0.6) is 0 Å². The highest BCUT2D eigenvalue weighted by Crippen LogP contribution is 2.43. The second kappa shape index (κ2) is 40.1. The molecule has 0 rings (SSSR count). The van der Waals surface area contributed by atoms with Crippen LogP contribution < -0.4 is 0 Å². The summed E-state index contributed by atoms with van der Waals surface area (Å²) in [6.45, 7) is 2.30. The molecule has 3 N–H and O–H groups in total. The Hall–Kier alpha value is -2.07. The molecule has 0 aliphatic rings. The zero-order valence-electron chi connectivity index (χ0n) is 34.6. The minimum Gasteiger partial charge on any atom is -0.462 e. The maximum absolute atomic E-state index is 12.6. The summed E-state index contributed by atoms with van der Waals surface area (Å²) < 4.78 is 32.7. The van der Waals surface area contributed by atoms with Gasteiger partial charge in [0.05, 0.1) is 19.8 Å². The van der Waals surface area contributed by atoms with Crippen molar-refractivity contribution in [1.29, 1.82) is 0 Å². The minimum absolute atomic E-state index is 0.154. The number of rotatable bonds is 40. The monoisotopic (exact) mass is 799 g/mol. The van der Waals surface area contributed by atoms with Crippen LogP contribution in [-0.2, 0) is 32.7 Å². The molecule has 0 aliphatic heterocycles. The second-order valence-electron chi connectivity index (χ2n) is 14.4. The third-order valence-corrected chi connectivity index (χ3v) is 9.91. The van der Waals surface area contributed by atoms with Gasteiger partial charge in [-0.15, -0.1) is 0 Å². The predicted molar refractivity (Wildman–Crippen MR) is 224 cm³/mol. The van der Waals surface area contributed by atoms with Crippen molar-refractivity contribution in [2.24, 2.45) is 0 Å². The van der Waals surface area contributed by atoms with Crippen LogP contribution in [-0.4, -0.2) is 65.7 Å². The number of esters is 2. The fourth-order valence-corrected chi connectivity index (χ4v) is 6.37. The van der Waals surface area contributed by atoms with Gasteiger partial charge in [-0.3, -0.25) is 18.6 Å². The Kier molecular flexibility index (Phi) is 38.6. The molecule has 0 saturated heterocycles. The molecule has 11 heteroatoms. The lowest BCUT2D eigenvalue weighted by Gasteiger charge is -2.20. The Balaban J connectivity index is 4.38. The Morgan fingerprint density at radius 2 is 0.945 bits per heavy atom. The summed E-state index contributed by atoms with van der Waals surface area (Å²) >= 11 is 0. The maximum atomic E-state index is 12.6. The van der Waals surface area contributed by atoms with E-state index in [0.29, 0.717) is 12.8 Å². The number of hydrogen-bond acceptors (Lipinski definition) is 9. The molecule has 0 aromatic carbocycles. The first kappa shape index (κ1) is 52.9. The molecule has 0 amide bonds. The van der Waals surface area contributed by atoms with Crippen molar-refractivity contribution >= 4 is 19.8 Å². The molecule has 0 fully saturated rings. The van der Waals surface area contributed by atoms with E-state index in [9.17, 15) is 24.2 Å². The first-order chi connectivity index (χ1) is 26.7. The third-order valence-electron chi connectivity index (χ3n) is 8.96. The van der Waals surface area contributed by atoms with Crippen molar-refractivity contribution in [1.82, 2.24) is 0 Å². The van der Waals surface area contributed by atoms with Crippen molar-refractivity contribution in [2.45, 2.75) is 193 Å². The van der Waals surface area contributed by atoms with Gasteiger partial charge < -0.3 is 24.6 Å². The maximum Gasteiger partial charge on any atom is 0.472 e. The van der Waals surface area contributed by atoms with E-state index in [-0.39, 0.29) is 19.4 Å². The lowest BCUT2D eigenvalue weighted by molar-refractivity contribution is -0.161. The number of phosphoric acid groups is 1. The summed E-state index contributed by atoms with van der Waals surface area (Å²) in [6.07, 6.45) is 42.2. The molecule has 0 spiro atoms. The molecule has 0 radical (unpaired) electrons. The van der Waals surface area contributed by atoms with E-state index >= 15 is 0 Å². The van der Waals surface area contributed by atoms with Crippen molar-refractivity contribution in [3.63, 3.8) is 0 Å². The van der Waals surface area contributed by atoms with E-state index in [0.717, 1.165) is 64.2 Å². The molecular formula is C44H79O10P. The quantitative estimate of drug-likeness (QED) is 0.0237. The van der Waals surface area contributed by atoms with E-state index in [1.807, 2.05) is 0 Å². The van der Waals surface area contributed by atoms with Crippen LogP contribution in [0.2, 0.25) is 0 Å². The van der Waals surface area contributed by atoms with Gasteiger partial charge in [0.25, 0.3) is 0 Å². The number of carbonyl (C=O) groups excluding carboxylic acids is 2. The molecule has 0 saturated carbocycles. The van der Waals surface area contributed by atoms with Gasteiger partial charge in [-0.05, 0) is 77.0 Å². The molecular weight excluding hydrogens is 719 g/mol. The normalized spacial score (nSPS) is 14.3. The number of carbonyl (C=O) groups is 2. The minimum atomic E-state index is -4.63. The zero-order chi connectivity index (χ0) is 40.5. The van der Waals surface area contributed by atoms with Crippen LogP contribution in [0.1, 0.15) is 181 Å². The van der Waals surface area contributed by atoms with E-state index in [1.165, 1.54) is 77.0 Å². The van der Waals surface area contributed by atoms with Gasteiger partial charge in [0.2, 0.25) is 0 Å². The summed E-state index contributed by atoms with van der Waals surface area (Å²) in [6, 6.07) is 0. The number of hydrogen-bond donors (Lipinski definition) is 3. The van der Waals surface area contributed by atoms with Gasteiger partial charge in [0.1, 0.15) is 12.7 Å². The van der Waals surface area contributed by atoms with Crippen molar-refractivity contribution < 1.29 is 47.8 Å². The van der Waals surface area contributed by atoms with E-state index in [2.05, 4.69) is 67.0 Å². The van der Waals surface area contributed by atoms with Crippen molar-refractivity contribution in [2.75, 3.05) is 26.4 Å². The van der Waals surface area contributed by atoms with Gasteiger partial charge in [0.15, 0.2) is 6.10 Å². The van der Waals surface area contributed by atoms with E-state index in [4.69, 9.17) is 19.1 Å². The Morgan fingerprint density at radius 1 is 0.545 bits per heavy atom. The van der Waals surface area contributed by atoms with E-state index < -0.39 is 51.8 Å². The topological polar surface area (TPSA) is 149 Å². The number of ether oxygens (including phenoxy) is 2. The van der Waals surface area contributed by atoms with Crippen molar-refractivity contribution in [3.05, 3.63) is 48.6 Å². The molecule has 0 aromatic rings. The van der Waals surface area contributed by atoms with Gasteiger partial charge in [-0.1, -0.05) is 140 Å². The van der Waals surface area contributed by atoms with Gasteiger partial charge in [-0.25, -0.2) is 4.57 Å². The average molecular weight is 799 g/mol. The van der Waals surface area contributed by atoms with Crippen LogP contribution in [0.4, 0.5) is 0 Å². The van der Waals surface area contributed by atoms with Crippen LogP contribution in [0.15, 0.2) is 48.6 Å². The van der Waals surface area contributed by atoms with Gasteiger partial charge in [-0.2, -0.15) is 0 Å². The highest BCUT2D eigenvalue weighted by molar-refractivity contribution is 7.47. The zero-order valence-corrected chi connectivity index (χ0v) is 35.5. The summed E-state index contributed by atoms with van der Waals surface area (Å²) in [5.41, 5.74) is 0. The second-order valence-corrected chi connectivity index (χ2v) is 15.8. The smallest absolute Gasteiger partial charge is 0.462 e. The highest BCUT2D eigenvalue weighted by atomic mass is 31.2. The highest BCUT2D eigenvalue weighted by Gasteiger charge is 2.27. The summed E-state index contributed by atoms with van der Waals surface area (Å²) in [4.78, 5) is 35.0. The standard InChI is InChI=1S/C44H79O10P/c1-3-5-7-9-11-13-15-17-19-20-22-24-26-28-30-32-34-36-44(48)54-42(40-53-55(49,50)52-38-41(46)37-45)39-51-43(47)35-33-31-29-27-25-23-21-18-16-14-12-10-8-6-4-2/h11,13,17,19,22-25,41-42,45-46H,3-10,12,14-16,18,20-21,26-40H2,1-2H3,(H,49,50)/b13-11+,19-17+,24-22+,25-23+/t41-,42+/m0/s1. The molecule has 0 bridgehead atoms. The predicted octanol–water partition coefficient (Wildman–Crippen LogP) is 11.3. The molecule has 0 aliphatic carbocycles. The number of aliphatic hydroxyl groups excluding tert-OH is 2. The average Bonchev–Trinajstić information content (AvgIpc) is 3.17. The van der Waals surface area contributed by atoms with Crippen LogP contribution in [0.3, 0.4) is 0 Å². The molecule has 1 unspecified atom stereocenters. The fourth-order valence-electron chi connectivity index (χ4n) is 5.58. The molecule has 55 heavy (non-hydrogen) atoms. The third kappa shape index (κ3) is 39.9. The molecule has 0 heterocycles. The lowest BCUT2D eigenvalue weighted by atomic mass is 10.1. The molecule has 10 nitrogen and oxygen atoms in total. The Bertz CT molecular complexity index is 1060. The molecule has 320 valence electrons. The number of unbranched alkanes of at least 4 members (excludes halogenated alkanes) is 18. The summed E-state index contributed by atoms with van der Waals surface area (Å²) in [5.74, 6) is -0.969. The fraction of sp³-hybridized carbons (Fsp3) is 0.773. The van der Waals surface area contributed by atoms with Crippen LogP contribution in [0, 0.1) is 0 Å².